The average Bonchev–Trinajstić information content (AvgIpc) is 2.83. The summed E-state index contributed by atoms with van der Waals surface area (Å²) in [6, 6.07) is 4.63. The molecule has 38 heavy (non-hydrogen) atoms. The number of aromatic nitrogens is 2. The summed E-state index contributed by atoms with van der Waals surface area (Å²) in [7, 11) is 0. The lowest BCUT2D eigenvalue weighted by molar-refractivity contribution is -0.184. The maximum absolute atomic E-state index is 15.0. The second-order valence-electron chi connectivity index (χ2n) is 10.9. The Labute approximate surface area is 219 Å². The van der Waals surface area contributed by atoms with E-state index in [1.165, 1.54) is 0 Å². The van der Waals surface area contributed by atoms with Gasteiger partial charge in [-0.2, -0.15) is 0 Å². The molecule has 1 aliphatic carbocycles. The van der Waals surface area contributed by atoms with Crippen LogP contribution in [-0.4, -0.2) is 34.1 Å². The number of halogens is 3. The first-order chi connectivity index (χ1) is 18.1. The molecule has 3 N–H and O–H groups in total. The zero-order chi connectivity index (χ0) is 27.2. The van der Waals surface area contributed by atoms with Crippen LogP contribution in [0.3, 0.4) is 0 Å². The molecular formula is C29H30F3N3O3. The van der Waals surface area contributed by atoms with Crippen molar-refractivity contribution in [3.8, 4) is 11.3 Å². The fourth-order valence-electron chi connectivity index (χ4n) is 5.87. The number of ketones is 1. The molecule has 1 aliphatic heterocycles. The molecule has 1 saturated heterocycles. The number of rotatable bonds is 6. The average molecular weight is 526 g/mol. The molecular weight excluding hydrogens is 495 g/mol. The first-order valence-corrected chi connectivity index (χ1v) is 12.8. The van der Waals surface area contributed by atoms with E-state index in [1.807, 2.05) is 6.07 Å². The number of anilines is 1. The summed E-state index contributed by atoms with van der Waals surface area (Å²) in [6.07, 6.45) is 6.44. The van der Waals surface area contributed by atoms with Gasteiger partial charge in [-0.25, -0.2) is 18.2 Å². The molecule has 0 amide bonds. The van der Waals surface area contributed by atoms with Crippen LogP contribution in [0.1, 0.15) is 66.2 Å². The number of hydrogen-bond acceptors (Lipinski definition) is 6. The van der Waals surface area contributed by atoms with E-state index < -0.39 is 40.1 Å². The minimum Gasteiger partial charge on any atom is -0.397 e. The maximum Gasteiger partial charge on any atom is 0.187 e. The predicted octanol–water partition coefficient (Wildman–Crippen LogP) is 5.33. The quantitative estimate of drug-likeness (QED) is 0.423. The number of nitrogens with two attached hydrogens (primary N) is 1. The van der Waals surface area contributed by atoms with Crippen LogP contribution in [0.25, 0.3) is 11.3 Å². The molecule has 6 nitrogen and oxygen atoms in total. The number of benzene rings is 1. The first-order valence-electron chi connectivity index (χ1n) is 12.8. The summed E-state index contributed by atoms with van der Waals surface area (Å²) in [4.78, 5) is 21.6. The predicted molar refractivity (Wildman–Crippen MR) is 136 cm³/mol. The number of nitrogen functional groups attached to an aromatic ring is 1. The van der Waals surface area contributed by atoms with Crippen molar-refractivity contribution in [2.24, 2.45) is 11.8 Å². The molecule has 1 saturated carbocycles. The van der Waals surface area contributed by atoms with Gasteiger partial charge in [0.05, 0.1) is 24.5 Å². The zero-order valence-corrected chi connectivity index (χ0v) is 21.3. The number of ether oxygens (including phenoxy) is 1. The van der Waals surface area contributed by atoms with Crippen molar-refractivity contribution < 1.29 is 27.8 Å². The molecule has 0 radical (unpaired) electrons. The van der Waals surface area contributed by atoms with Gasteiger partial charge in [-0.15, -0.1) is 0 Å². The molecule has 200 valence electrons. The molecule has 1 unspecified atom stereocenters. The smallest absolute Gasteiger partial charge is 0.187 e. The third-order valence-electron chi connectivity index (χ3n) is 7.68. The number of aliphatic hydroxyl groups is 1. The summed E-state index contributed by atoms with van der Waals surface area (Å²) < 4.78 is 49.9. The van der Waals surface area contributed by atoms with Crippen LogP contribution in [-0.2, 0) is 16.8 Å². The number of carbonyl (C=O) groups is 1. The highest BCUT2D eigenvalue weighted by Crippen LogP contribution is 2.40. The Kier molecular flexibility index (Phi) is 7.00. The molecule has 3 atom stereocenters. The number of hydrogen-bond donors (Lipinski definition) is 2. The summed E-state index contributed by atoms with van der Waals surface area (Å²) in [6.45, 7) is 4.25. The van der Waals surface area contributed by atoms with Crippen LogP contribution in [0.5, 0.6) is 0 Å². The van der Waals surface area contributed by atoms with Gasteiger partial charge in [-0.1, -0.05) is 13.8 Å². The SMILES string of the molecule is C[C@@H]1CC(c2ccncc2CC(=O)c2nc(-c3c(F)cc(C4(O)COC4)cc3F)c(F)cc2N)C[C@H](C)C1. The van der Waals surface area contributed by atoms with E-state index in [4.69, 9.17) is 10.5 Å². The van der Waals surface area contributed by atoms with Crippen molar-refractivity contribution >= 4 is 11.5 Å². The monoisotopic (exact) mass is 525 g/mol. The van der Waals surface area contributed by atoms with Crippen LogP contribution in [0.15, 0.2) is 36.7 Å². The molecule has 0 spiro atoms. The van der Waals surface area contributed by atoms with Crippen LogP contribution < -0.4 is 5.73 Å². The summed E-state index contributed by atoms with van der Waals surface area (Å²) in [5, 5.41) is 10.4. The van der Waals surface area contributed by atoms with Gasteiger partial charge < -0.3 is 15.6 Å². The molecule has 5 rings (SSSR count). The first kappa shape index (κ1) is 26.3. The van der Waals surface area contributed by atoms with Gasteiger partial charge in [-0.3, -0.25) is 9.78 Å². The van der Waals surface area contributed by atoms with Gasteiger partial charge in [0.1, 0.15) is 28.6 Å². The Morgan fingerprint density at radius 2 is 1.74 bits per heavy atom. The van der Waals surface area contributed by atoms with E-state index in [0.29, 0.717) is 11.8 Å². The topological polar surface area (TPSA) is 98.3 Å². The molecule has 2 aliphatic rings. The lowest BCUT2D eigenvalue weighted by atomic mass is 9.73. The number of Topliss-reactive ketones (excluding diaryl/α,β-unsaturated/α-hetero) is 1. The van der Waals surface area contributed by atoms with Crippen LogP contribution in [0.2, 0.25) is 0 Å². The second-order valence-corrected chi connectivity index (χ2v) is 10.9. The van der Waals surface area contributed by atoms with Gasteiger partial charge in [0.25, 0.3) is 0 Å². The van der Waals surface area contributed by atoms with Gasteiger partial charge in [0, 0.05) is 24.9 Å². The van der Waals surface area contributed by atoms with Crippen molar-refractivity contribution in [1.82, 2.24) is 9.97 Å². The molecule has 2 aromatic heterocycles. The standard InChI is InChI=1S/C29H30F3N3O3/c1-15-5-16(2)7-17(6-15)20-3-4-34-12-18(20)8-25(36)28-24(33)11-23(32)27(35-28)26-21(30)9-19(10-22(26)31)29(37)13-38-14-29/h3-4,9-12,15-17,37H,5-8,13-14,33H2,1-2H3/t15-,16+,17?. The Balaban J connectivity index is 1.47. The van der Waals surface area contributed by atoms with E-state index in [-0.39, 0.29) is 42.5 Å². The maximum atomic E-state index is 15.0. The molecule has 1 aromatic carbocycles. The lowest BCUT2D eigenvalue weighted by Crippen LogP contribution is -2.46. The number of nitrogens with zero attached hydrogens (tertiary/aromatic N) is 2. The highest BCUT2D eigenvalue weighted by molar-refractivity contribution is 6.00. The minimum atomic E-state index is -1.51. The van der Waals surface area contributed by atoms with Crippen molar-refractivity contribution in [2.45, 2.75) is 51.0 Å². The highest BCUT2D eigenvalue weighted by atomic mass is 19.1. The van der Waals surface area contributed by atoms with Crippen molar-refractivity contribution in [2.75, 3.05) is 18.9 Å². The van der Waals surface area contributed by atoms with E-state index in [9.17, 15) is 14.3 Å². The fraction of sp³-hybridized carbons (Fsp3) is 0.414. The fourth-order valence-corrected chi connectivity index (χ4v) is 5.87. The zero-order valence-electron chi connectivity index (χ0n) is 21.3. The Morgan fingerprint density at radius 1 is 1.08 bits per heavy atom. The van der Waals surface area contributed by atoms with Crippen molar-refractivity contribution in [1.29, 1.82) is 0 Å². The Morgan fingerprint density at radius 3 is 2.34 bits per heavy atom. The normalized spacial score (nSPS) is 22.6. The largest absolute Gasteiger partial charge is 0.397 e. The molecule has 9 heteroatoms. The summed E-state index contributed by atoms with van der Waals surface area (Å²) in [5.41, 5.74) is 4.29. The van der Waals surface area contributed by atoms with E-state index in [0.717, 1.165) is 48.6 Å². The molecule has 0 bridgehead atoms. The number of pyridine rings is 2. The third kappa shape index (κ3) is 4.92. The number of carbonyl (C=O) groups excluding carboxylic acids is 1. The molecule has 2 fully saturated rings. The van der Waals surface area contributed by atoms with Crippen LogP contribution in [0, 0.1) is 29.3 Å². The molecule has 3 heterocycles. The molecule has 3 aromatic rings. The summed E-state index contributed by atoms with van der Waals surface area (Å²) >= 11 is 0. The van der Waals surface area contributed by atoms with Crippen LogP contribution >= 0.6 is 0 Å². The van der Waals surface area contributed by atoms with Crippen molar-refractivity contribution in [3.63, 3.8) is 0 Å². The third-order valence-corrected chi connectivity index (χ3v) is 7.68. The van der Waals surface area contributed by atoms with E-state index in [1.54, 1.807) is 12.4 Å². The van der Waals surface area contributed by atoms with Gasteiger partial charge in [0.2, 0.25) is 0 Å². The highest BCUT2D eigenvalue weighted by Gasteiger charge is 2.39. The summed E-state index contributed by atoms with van der Waals surface area (Å²) in [5.74, 6) is -2.41. The van der Waals surface area contributed by atoms with E-state index in [2.05, 4.69) is 23.8 Å². The Bertz CT molecular complexity index is 1360. The van der Waals surface area contributed by atoms with Gasteiger partial charge in [0.15, 0.2) is 11.6 Å². The lowest BCUT2D eigenvalue weighted by Gasteiger charge is -2.36. The van der Waals surface area contributed by atoms with E-state index >= 15 is 8.78 Å². The van der Waals surface area contributed by atoms with Gasteiger partial charge in [-0.05, 0) is 71.9 Å². The Hall–Kier alpha value is -3.30. The van der Waals surface area contributed by atoms with Crippen molar-refractivity contribution in [3.05, 3.63) is 76.5 Å². The second kappa shape index (κ2) is 10.1. The van der Waals surface area contributed by atoms with Gasteiger partial charge >= 0.3 is 0 Å². The van der Waals surface area contributed by atoms with Crippen LogP contribution in [0.4, 0.5) is 18.9 Å². The minimum absolute atomic E-state index is 0.0230.